The maximum absolute atomic E-state index is 11.7. The normalized spacial score (nSPS) is 32.4. The zero-order valence-corrected chi connectivity index (χ0v) is 11.2. The van der Waals surface area contributed by atoms with Crippen LogP contribution >= 0.6 is 15.9 Å². The van der Waals surface area contributed by atoms with Crippen LogP contribution in [-0.2, 0) is 4.74 Å². The predicted molar refractivity (Wildman–Crippen MR) is 67.9 cm³/mol. The highest BCUT2D eigenvalue weighted by molar-refractivity contribution is 9.11. The van der Waals surface area contributed by atoms with E-state index in [0.29, 0.717) is 5.56 Å². The number of aromatic nitrogens is 2. The van der Waals surface area contributed by atoms with Gasteiger partial charge in [0.05, 0.1) is 12.2 Å². The quantitative estimate of drug-likeness (QED) is 0.767. The Kier molecular flexibility index (Phi) is 3.17. The maximum Gasteiger partial charge on any atom is 0.302 e. The van der Waals surface area contributed by atoms with Gasteiger partial charge in [-0.15, -0.1) is 0 Å². The summed E-state index contributed by atoms with van der Waals surface area (Å²) in [5.41, 5.74) is -0.0504. The van der Waals surface area contributed by atoms with E-state index in [1.807, 2.05) is 0 Å². The number of fused-ring (bicyclic) bond motifs is 3. The van der Waals surface area contributed by atoms with E-state index in [9.17, 15) is 9.90 Å². The molecule has 0 radical (unpaired) electrons. The van der Waals surface area contributed by atoms with Gasteiger partial charge in [-0.25, -0.2) is 0 Å². The lowest BCUT2D eigenvalue weighted by molar-refractivity contribution is -0.0434. The summed E-state index contributed by atoms with van der Waals surface area (Å²) in [4.78, 5) is 17.0. The summed E-state index contributed by atoms with van der Waals surface area (Å²) in [5.74, 6) is 0. The summed E-state index contributed by atoms with van der Waals surface area (Å²) in [6.45, 7) is -0.297. The zero-order valence-electron chi connectivity index (χ0n) is 9.64. The van der Waals surface area contributed by atoms with Crippen LogP contribution in [0.2, 0.25) is 0 Å². The van der Waals surface area contributed by atoms with Gasteiger partial charge in [-0.3, -0.25) is 9.36 Å². The van der Waals surface area contributed by atoms with Gasteiger partial charge in [0.1, 0.15) is 12.2 Å². The molecular formula is C11H11BrN2O5. The van der Waals surface area contributed by atoms with E-state index in [1.165, 1.54) is 0 Å². The molecule has 8 heteroatoms. The van der Waals surface area contributed by atoms with E-state index in [4.69, 9.17) is 14.6 Å². The van der Waals surface area contributed by atoms with Gasteiger partial charge in [0.2, 0.25) is 0 Å². The Labute approximate surface area is 116 Å². The third kappa shape index (κ3) is 1.91. The summed E-state index contributed by atoms with van der Waals surface area (Å²) in [6.07, 6.45) is 0.217. The van der Waals surface area contributed by atoms with Crippen molar-refractivity contribution in [2.45, 2.75) is 24.5 Å². The van der Waals surface area contributed by atoms with Gasteiger partial charge < -0.3 is 19.7 Å². The lowest BCUT2D eigenvalue weighted by Crippen LogP contribution is -2.34. The Morgan fingerprint density at radius 2 is 2.37 bits per heavy atom. The molecule has 2 aliphatic rings. The van der Waals surface area contributed by atoms with E-state index in [-0.39, 0.29) is 12.6 Å². The van der Waals surface area contributed by atoms with Crippen LogP contribution in [0.3, 0.4) is 0 Å². The molecule has 102 valence electrons. The zero-order chi connectivity index (χ0) is 13.6. The first-order valence-electron chi connectivity index (χ1n) is 5.66. The molecule has 2 aliphatic heterocycles. The molecule has 7 nitrogen and oxygen atoms in total. The Hall–Kier alpha value is -1.22. The molecule has 2 N–H and O–H groups in total. The van der Waals surface area contributed by atoms with Crippen LogP contribution in [0.15, 0.2) is 16.0 Å². The third-order valence-electron chi connectivity index (χ3n) is 3.19. The van der Waals surface area contributed by atoms with Crippen molar-refractivity contribution in [3.05, 3.63) is 27.1 Å². The number of hydrogen-bond donors (Lipinski definition) is 2. The van der Waals surface area contributed by atoms with Crippen LogP contribution in [0.5, 0.6) is 6.01 Å². The number of halogens is 1. The molecule has 3 rings (SSSR count). The van der Waals surface area contributed by atoms with Gasteiger partial charge in [-0.1, -0.05) is 15.9 Å². The Morgan fingerprint density at radius 1 is 1.58 bits per heavy atom. The number of aliphatic hydroxyl groups is 2. The second-order valence-corrected chi connectivity index (χ2v) is 4.83. The van der Waals surface area contributed by atoms with Gasteiger partial charge in [0.15, 0.2) is 12.3 Å². The lowest BCUT2D eigenvalue weighted by atomic mass is 10.1. The molecule has 1 aromatic heterocycles. The first-order valence-corrected chi connectivity index (χ1v) is 6.58. The van der Waals surface area contributed by atoms with Gasteiger partial charge in [-0.2, -0.15) is 4.98 Å². The van der Waals surface area contributed by atoms with E-state index < -0.39 is 30.1 Å². The minimum absolute atomic E-state index is 0.113. The second kappa shape index (κ2) is 4.71. The molecule has 1 saturated heterocycles. The highest BCUT2D eigenvalue weighted by atomic mass is 79.9. The number of nitrogens with zero attached hydrogens (tertiary/aromatic N) is 2. The standard InChI is InChI=1S/C11H11BrN2O5/c12-2-1-5-3-14-10-8(7(16)6(4-15)18-10)19-11(14)13-9(5)17/h1-3,6-8,10,15-16H,4H2/t6?,7-,8+,10+/m0/s1. The van der Waals surface area contributed by atoms with Crippen LogP contribution in [0.25, 0.3) is 6.08 Å². The summed E-state index contributed by atoms with van der Waals surface area (Å²) in [5, 5.41) is 19.0. The minimum Gasteiger partial charge on any atom is -0.453 e. The van der Waals surface area contributed by atoms with Gasteiger partial charge in [0.25, 0.3) is 5.56 Å². The molecular weight excluding hydrogens is 320 g/mol. The fraction of sp³-hybridized carbons (Fsp3) is 0.455. The summed E-state index contributed by atoms with van der Waals surface area (Å²) in [6, 6.07) is 0.113. The largest absolute Gasteiger partial charge is 0.453 e. The molecule has 0 spiro atoms. The average molecular weight is 331 g/mol. The Balaban J connectivity index is 2.02. The first kappa shape index (κ1) is 12.8. The van der Waals surface area contributed by atoms with Crippen molar-refractivity contribution in [3.8, 4) is 6.01 Å². The highest BCUT2D eigenvalue weighted by Gasteiger charge is 2.51. The molecule has 0 saturated carbocycles. The molecule has 0 bridgehead atoms. The van der Waals surface area contributed by atoms with E-state index in [0.717, 1.165) is 0 Å². The Bertz CT molecular complexity index is 587. The number of rotatable bonds is 2. The number of aliphatic hydroxyl groups excluding tert-OH is 2. The number of hydrogen-bond acceptors (Lipinski definition) is 6. The van der Waals surface area contributed by atoms with E-state index in [2.05, 4.69) is 20.9 Å². The highest BCUT2D eigenvalue weighted by Crippen LogP contribution is 2.38. The van der Waals surface area contributed by atoms with Crippen LogP contribution < -0.4 is 10.3 Å². The van der Waals surface area contributed by atoms with Gasteiger partial charge in [-0.05, 0) is 11.1 Å². The number of ether oxygens (including phenoxy) is 2. The van der Waals surface area contributed by atoms with Crippen molar-refractivity contribution in [3.63, 3.8) is 0 Å². The SMILES string of the molecule is O=c1nc2n(cc1C=CBr)[C@@H]1OC(CO)[C@H](O)[C@H]1O2. The van der Waals surface area contributed by atoms with Gasteiger partial charge >= 0.3 is 6.01 Å². The van der Waals surface area contributed by atoms with Crippen LogP contribution in [0.4, 0.5) is 0 Å². The average Bonchev–Trinajstić information content (AvgIpc) is 2.88. The topological polar surface area (TPSA) is 93.8 Å². The molecule has 3 heterocycles. The summed E-state index contributed by atoms with van der Waals surface area (Å²) in [7, 11) is 0. The fourth-order valence-corrected chi connectivity index (χ4v) is 2.55. The van der Waals surface area contributed by atoms with E-state index in [1.54, 1.807) is 21.8 Å². The summed E-state index contributed by atoms with van der Waals surface area (Å²) >= 11 is 3.10. The molecule has 4 atom stereocenters. The van der Waals surface area contributed by atoms with Crippen molar-refractivity contribution in [1.82, 2.24) is 9.55 Å². The molecule has 1 fully saturated rings. The molecule has 0 aliphatic carbocycles. The molecule has 0 amide bonds. The van der Waals surface area contributed by atoms with Crippen molar-refractivity contribution in [1.29, 1.82) is 0 Å². The Morgan fingerprint density at radius 3 is 3.05 bits per heavy atom. The maximum atomic E-state index is 11.7. The molecule has 1 aromatic rings. The molecule has 19 heavy (non-hydrogen) atoms. The first-order chi connectivity index (χ1) is 9.15. The van der Waals surface area contributed by atoms with Crippen LogP contribution in [0, 0.1) is 0 Å². The van der Waals surface area contributed by atoms with Crippen LogP contribution in [0.1, 0.15) is 11.8 Å². The monoisotopic (exact) mass is 330 g/mol. The van der Waals surface area contributed by atoms with Gasteiger partial charge in [0, 0.05) is 6.20 Å². The third-order valence-corrected chi connectivity index (χ3v) is 3.46. The van der Waals surface area contributed by atoms with Crippen molar-refractivity contribution in [2.75, 3.05) is 6.61 Å². The second-order valence-electron chi connectivity index (χ2n) is 4.30. The smallest absolute Gasteiger partial charge is 0.302 e. The molecule has 0 aromatic carbocycles. The summed E-state index contributed by atoms with van der Waals surface area (Å²) < 4.78 is 12.5. The molecule has 1 unspecified atom stereocenters. The fourth-order valence-electron chi connectivity index (χ4n) is 2.26. The van der Waals surface area contributed by atoms with Crippen molar-refractivity contribution < 1.29 is 19.7 Å². The van der Waals surface area contributed by atoms with Crippen molar-refractivity contribution >= 4 is 22.0 Å². The van der Waals surface area contributed by atoms with E-state index >= 15 is 0 Å². The minimum atomic E-state index is -0.957. The van der Waals surface area contributed by atoms with Crippen LogP contribution in [-0.4, -0.2) is 44.7 Å². The lowest BCUT2D eigenvalue weighted by Gasteiger charge is -2.14. The van der Waals surface area contributed by atoms with Crippen molar-refractivity contribution in [2.24, 2.45) is 0 Å². The predicted octanol–water partition coefficient (Wildman–Crippen LogP) is -0.379.